The molecule has 6 aromatic heterocycles. The zero-order chi connectivity index (χ0) is 81.1. The van der Waals surface area contributed by atoms with Gasteiger partial charge in [-0.2, -0.15) is 0 Å². The number of anilines is 4. The van der Waals surface area contributed by atoms with Gasteiger partial charge < -0.3 is 50.7 Å². The van der Waals surface area contributed by atoms with Crippen LogP contribution in [0.1, 0.15) is 129 Å². The third kappa shape index (κ3) is 17.7. The Hall–Kier alpha value is -11.8. The Morgan fingerprint density at radius 2 is 0.881 bits per heavy atom. The van der Waals surface area contributed by atoms with E-state index in [-0.39, 0.29) is 23.6 Å². The summed E-state index contributed by atoms with van der Waals surface area (Å²) < 4.78 is 5.48. The highest BCUT2D eigenvalue weighted by Gasteiger charge is 2.50. The Morgan fingerprint density at radius 3 is 1.35 bits per heavy atom. The fourth-order valence-corrected chi connectivity index (χ4v) is 21.0. The minimum atomic E-state index is -0.754. The van der Waals surface area contributed by atoms with Crippen molar-refractivity contribution >= 4 is 105 Å². The molecule has 4 aliphatic carbocycles. The molecule has 4 saturated heterocycles. The molecule has 118 heavy (non-hydrogen) atoms. The average molecular weight is 1610 g/mol. The summed E-state index contributed by atoms with van der Waals surface area (Å²) >= 11 is 3.57. The maximum Gasteiger partial charge on any atom is 0.298 e. The molecule has 7 unspecified atom stereocenters. The van der Waals surface area contributed by atoms with E-state index in [1.54, 1.807) is 55.3 Å². The number of carbonyl (C=O) groups is 4. The molecule has 8 aromatic rings. The van der Waals surface area contributed by atoms with Gasteiger partial charge in [0.2, 0.25) is 17.7 Å². The maximum atomic E-state index is 12.7. The number of likely N-dealkylation sites (tertiary alicyclic amines) is 4. The predicted octanol–water partition coefficient (Wildman–Crippen LogP) is 17.1. The number of benzene rings is 2. The van der Waals surface area contributed by atoms with Crippen LogP contribution in [-0.4, -0.2) is 128 Å². The lowest BCUT2D eigenvalue weighted by atomic mass is 9.90. The van der Waals surface area contributed by atoms with Crippen LogP contribution in [0.2, 0.25) is 0 Å². The number of thiophene rings is 2. The van der Waals surface area contributed by atoms with E-state index >= 15 is 0 Å². The summed E-state index contributed by atoms with van der Waals surface area (Å²) in [6.45, 7) is 24.3. The molecule has 0 bridgehead atoms. The smallest absolute Gasteiger partial charge is 0.298 e. The molecular formula is C98H100N12O6S2. The van der Waals surface area contributed by atoms with Crippen LogP contribution in [0, 0.1) is 66.1 Å². The second-order valence-corrected chi connectivity index (χ2v) is 35.4. The Bertz CT molecular complexity index is 5550. The Morgan fingerprint density at radius 1 is 0.483 bits per heavy atom. The molecule has 600 valence electrons. The molecule has 14 heterocycles. The normalized spacial score (nSPS) is 23.9. The van der Waals surface area contributed by atoms with E-state index in [0.717, 1.165) is 227 Å². The first-order chi connectivity index (χ1) is 57.3. The molecule has 20 rings (SSSR count). The molecule has 18 nitrogen and oxygen atoms in total. The number of hydrogen-bond donors (Lipinski definition) is 5. The van der Waals surface area contributed by atoms with Crippen LogP contribution < -0.4 is 26.0 Å². The monoisotopic (exact) mass is 1600 g/mol. The van der Waals surface area contributed by atoms with Gasteiger partial charge in [0.15, 0.2) is 0 Å². The number of ether oxygens (including phenoxy) is 1. The SMILES string of the molecule is C=C1CCc2cc(/C=C/C(=O)N3CC4C=C(c5sccc5C)CC4C3)cnc2N1.C=C1CCc2cc(/C=C/C(=O)N3CC4C=C(c5sccc5OC)CC4C3)cnc2N1.C=C1CCc2cc(/C=C/C(=O)N3C[C@@H]4CC(O)(c5ccccc5)C[C@@H]4C3)cnc2N1.C=C1CCc2cc(C#CC(=O)N3CC4C=C(c5ccccc5)CC4C3)cnc2N1. The number of pyridine rings is 4. The molecule has 12 aliphatic rings. The van der Waals surface area contributed by atoms with Crippen LogP contribution in [0.15, 0.2) is 218 Å². The van der Waals surface area contributed by atoms with Gasteiger partial charge in [-0.25, -0.2) is 19.9 Å². The first-order valence-electron chi connectivity index (χ1n) is 41.4. The number of hydrogen-bond acceptors (Lipinski definition) is 16. The molecule has 8 aliphatic heterocycles. The predicted molar refractivity (Wildman–Crippen MR) is 473 cm³/mol. The Labute approximate surface area is 699 Å². The van der Waals surface area contributed by atoms with Crippen LogP contribution in [0.3, 0.4) is 0 Å². The minimum Gasteiger partial charge on any atom is -0.495 e. The van der Waals surface area contributed by atoms with E-state index in [1.807, 2.05) is 104 Å². The summed E-state index contributed by atoms with van der Waals surface area (Å²) in [5.41, 5.74) is 19.5. The van der Waals surface area contributed by atoms with E-state index in [2.05, 4.69) is 164 Å². The highest BCUT2D eigenvalue weighted by atomic mass is 32.1. The van der Waals surface area contributed by atoms with Crippen molar-refractivity contribution < 1.29 is 29.0 Å². The average Bonchev–Trinajstić information content (AvgIpc) is 1.61. The van der Waals surface area contributed by atoms with Crippen molar-refractivity contribution in [3.8, 4) is 17.6 Å². The Balaban J connectivity index is 0.000000113. The van der Waals surface area contributed by atoms with E-state index in [4.69, 9.17) is 4.74 Å². The third-order valence-electron chi connectivity index (χ3n) is 25.4. The molecule has 4 amide bonds. The number of amides is 4. The molecule has 1 saturated carbocycles. The lowest BCUT2D eigenvalue weighted by Crippen LogP contribution is -2.31. The van der Waals surface area contributed by atoms with Gasteiger partial charge in [-0.05, 0) is 275 Å². The first-order valence-corrected chi connectivity index (χ1v) is 43.2. The lowest BCUT2D eigenvalue weighted by molar-refractivity contribution is -0.126. The van der Waals surface area contributed by atoms with Gasteiger partial charge in [0.05, 0.1) is 17.6 Å². The van der Waals surface area contributed by atoms with Crippen LogP contribution >= 0.6 is 22.7 Å². The second kappa shape index (κ2) is 34.4. The molecular weight excluding hydrogens is 1510 g/mol. The Kier molecular flexibility index (Phi) is 23.0. The quantitative estimate of drug-likeness (QED) is 0.0603. The molecule has 0 spiro atoms. The van der Waals surface area contributed by atoms with Crippen LogP contribution in [0.4, 0.5) is 23.3 Å². The first kappa shape index (κ1) is 78.7. The molecule has 5 fully saturated rings. The largest absolute Gasteiger partial charge is 0.495 e. The number of aliphatic hydroxyl groups is 1. The summed E-state index contributed by atoms with van der Waals surface area (Å²) in [7, 11) is 1.72. The minimum absolute atomic E-state index is 0.0388. The van der Waals surface area contributed by atoms with Crippen molar-refractivity contribution in [2.75, 3.05) is 80.7 Å². The van der Waals surface area contributed by atoms with Crippen LogP contribution in [0.5, 0.6) is 5.75 Å². The van der Waals surface area contributed by atoms with Crippen LogP contribution in [0.25, 0.3) is 34.9 Å². The van der Waals surface area contributed by atoms with Gasteiger partial charge in [-0.15, -0.1) is 22.7 Å². The second-order valence-electron chi connectivity index (χ2n) is 33.6. The van der Waals surface area contributed by atoms with Gasteiger partial charge in [-0.3, -0.25) is 19.2 Å². The molecule has 2 aromatic carbocycles. The summed E-state index contributed by atoms with van der Waals surface area (Å²) in [6.07, 6.45) is 36.9. The van der Waals surface area contributed by atoms with Gasteiger partial charge >= 0.3 is 0 Å². The zero-order valence-electron chi connectivity index (χ0n) is 67.1. The molecule has 9 atom stereocenters. The van der Waals surface area contributed by atoms with Crippen LogP contribution in [-0.2, 0) is 50.5 Å². The van der Waals surface area contributed by atoms with Crippen molar-refractivity contribution in [3.63, 3.8) is 0 Å². The number of rotatable bonds is 11. The van der Waals surface area contributed by atoms with Gasteiger partial charge in [-0.1, -0.05) is 111 Å². The van der Waals surface area contributed by atoms with Crippen molar-refractivity contribution in [1.29, 1.82) is 0 Å². The van der Waals surface area contributed by atoms with Crippen molar-refractivity contribution in [1.82, 2.24) is 39.5 Å². The van der Waals surface area contributed by atoms with Gasteiger partial charge in [0.25, 0.3) is 5.91 Å². The van der Waals surface area contributed by atoms with Gasteiger partial charge in [0.1, 0.15) is 29.0 Å². The summed E-state index contributed by atoms with van der Waals surface area (Å²) in [4.78, 5) is 79.1. The number of aryl methyl sites for hydroxylation is 5. The lowest BCUT2D eigenvalue weighted by Gasteiger charge is -2.26. The number of nitrogens with one attached hydrogen (secondary N) is 4. The molecule has 20 heteroatoms. The topological polar surface area (TPSA) is 210 Å². The summed E-state index contributed by atoms with van der Waals surface area (Å²) in [6, 6.07) is 33.0. The number of nitrogens with zero attached hydrogens (tertiary/aromatic N) is 8. The number of fused-ring (bicyclic) bond motifs is 8. The number of aromatic nitrogens is 4. The molecule has 5 N–H and O–H groups in total. The maximum absolute atomic E-state index is 12.7. The van der Waals surface area contributed by atoms with Crippen molar-refractivity contribution in [3.05, 3.63) is 289 Å². The van der Waals surface area contributed by atoms with Crippen molar-refractivity contribution in [2.24, 2.45) is 47.3 Å². The fourth-order valence-electron chi connectivity index (χ4n) is 19.1. The van der Waals surface area contributed by atoms with E-state index in [9.17, 15) is 24.3 Å². The fraction of sp³-hybridized carbons (Fsp3) is 0.327. The standard InChI is InChI=1S/C25H27N3O2.C25H23N3O.C24H25N3O2S.C24H25N3OS/c1-17-7-9-19-11-18(14-26-24(19)27-17)8-10-23(29)28-15-20-12-25(30,13-21(20)16-28)22-5-3-2-4-6-22;1-17-7-9-20-11-18(14-26-25(20)27-17)8-10-24(29)28-15-22-12-21(13-23(22)16-28)19-5-3-2-4-6-19;1-15-3-5-17-9-16(12-25-24(17)26-15)4-6-22(28)27-13-19-10-18(11-20(19)14-27)23-21(29-2)7-8-30-23;1-15-7-8-29-23(15)19-10-20-13-27(14-21(20)11-19)22(28)6-4-17-9-18-5-3-16(2)26-24(18)25-12-17/h2-6,8,10-11,14,20-21,30H,1,7,9,12-13,15-16H2,(H,26,27);2-6,11-12,14,22-23H,1,7,9,13,15-16H2,(H,26,27);4,6-10,12,19-20H,1,3,5,11,13-14H2,2H3,(H,25,26);4,6-10,12,20-21H,2-3,5,11,13-14H2,1H3,(H,25,26)/b10-8+;;2*6-4+/t20-,21+,25?;;;. The van der Waals surface area contributed by atoms with E-state index < -0.39 is 5.60 Å². The number of allylic oxidation sites excluding steroid dienone is 7. The highest BCUT2D eigenvalue weighted by Crippen LogP contribution is 2.50. The van der Waals surface area contributed by atoms with Crippen molar-refractivity contribution in [2.45, 2.75) is 96.0 Å². The van der Waals surface area contributed by atoms with E-state index in [1.165, 1.54) is 48.7 Å². The molecule has 0 radical (unpaired) electrons. The van der Waals surface area contributed by atoms with E-state index in [0.29, 0.717) is 47.3 Å². The number of methoxy groups -OCH3 is 1. The summed E-state index contributed by atoms with van der Waals surface area (Å²) in [5.74, 6) is 14.1. The summed E-state index contributed by atoms with van der Waals surface area (Å²) in [5, 5.41) is 28.2. The van der Waals surface area contributed by atoms with Gasteiger partial charge in [0, 0.05) is 135 Å². The zero-order valence-corrected chi connectivity index (χ0v) is 68.7. The number of carbonyl (C=O) groups excluding carboxylic acids is 4. The highest BCUT2D eigenvalue weighted by molar-refractivity contribution is 7.11. The third-order valence-corrected chi connectivity index (χ3v) is 27.4.